The zero-order chi connectivity index (χ0) is 22.8. The number of nitrogens with one attached hydrogen (secondary N) is 2. The van der Waals surface area contributed by atoms with Crippen LogP contribution in [0.1, 0.15) is 15.9 Å². The van der Waals surface area contributed by atoms with Crippen LogP contribution in [-0.2, 0) is 29.1 Å². The molecule has 2 N–H and O–H groups in total. The summed E-state index contributed by atoms with van der Waals surface area (Å²) in [5.74, 6) is -0.482. The van der Waals surface area contributed by atoms with Gasteiger partial charge in [0, 0.05) is 37.3 Å². The van der Waals surface area contributed by atoms with Crippen molar-refractivity contribution >= 4 is 25.5 Å². The topological polar surface area (TPSA) is 128 Å². The fourth-order valence-electron chi connectivity index (χ4n) is 3.58. The normalized spacial score (nSPS) is 22.4. The van der Waals surface area contributed by atoms with Crippen LogP contribution in [0.5, 0.6) is 0 Å². The van der Waals surface area contributed by atoms with E-state index in [9.17, 15) is 21.6 Å². The first-order valence-corrected chi connectivity index (χ1v) is 13.3. The molecule has 32 heavy (non-hydrogen) atoms. The van der Waals surface area contributed by atoms with E-state index in [0.29, 0.717) is 13.1 Å². The summed E-state index contributed by atoms with van der Waals surface area (Å²) >= 11 is 0. The third-order valence-corrected chi connectivity index (χ3v) is 9.14. The van der Waals surface area contributed by atoms with E-state index < -0.39 is 36.3 Å². The Bertz CT molecular complexity index is 1110. The molecule has 11 heteroatoms. The largest absolute Gasteiger partial charge is 0.359 e. The van der Waals surface area contributed by atoms with Crippen LogP contribution in [0, 0.1) is 0 Å². The van der Waals surface area contributed by atoms with Gasteiger partial charge in [-0.05, 0) is 24.3 Å². The van der Waals surface area contributed by atoms with Crippen molar-refractivity contribution in [1.82, 2.24) is 10.6 Å². The fourth-order valence-corrected chi connectivity index (χ4v) is 6.53. The molecule has 2 atom stereocenters. The summed E-state index contributed by atoms with van der Waals surface area (Å²) in [5.41, 5.74) is -1.78. The van der Waals surface area contributed by atoms with E-state index in [-0.39, 0.29) is 47.2 Å². The van der Waals surface area contributed by atoms with Gasteiger partial charge in [0.05, 0.1) is 23.0 Å². The van der Waals surface area contributed by atoms with Gasteiger partial charge in [0.25, 0.3) is 0 Å². The van der Waals surface area contributed by atoms with Crippen molar-refractivity contribution in [1.29, 1.82) is 0 Å². The first-order valence-electron chi connectivity index (χ1n) is 10.2. The fraction of sp³-hybridized carbons (Fsp3) is 0.381. The average Bonchev–Trinajstić information content (AvgIpc) is 2.85. The van der Waals surface area contributed by atoms with Crippen LogP contribution in [0.4, 0.5) is 0 Å². The van der Waals surface area contributed by atoms with E-state index in [1.807, 2.05) is 0 Å². The molecule has 2 aliphatic rings. The van der Waals surface area contributed by atoms with Crippen molar-refractivity contribution < 1.29 is 31.1 Å². The molecule has 0 bridgehead atoms. The Morgan fingerprint density at radius 2 is 1.19 bits per heavy atom. The number of carbonyl (C=O) groups is 1. The molecule has 0 saturated carbocycles. The van der Waals surface area contributed by atoms with Crippen molar-refractivity contribution in [3.05, 3.63) is 59.7 Å². The molecule has 9 nitrogen and oxygen atoms in total. The molecule has 0 spiro atoms. The van der Waals surface area contributed by atoms with Gasteiger partial charge in [-0.25, -0.2) is 16.8 Å². The highest BCUT2D eigenvalue weighted by Crippen LogP contribution is 2.23. The van der Waals surface area contributed by atoms with Gasteiger partial charge in [-0.1, -0.05) is 24.3 Å². The molecule has 0 radical (unpaired) electrons. The minimum Gasteiger partial charge on any atom is -0.359 e. The molecule has 2 aromatic carbocycles. The predicted octanol–water partition coefficient (Wildman–Crippen LogP) is 0.357. The summed E-state index contributed by atoms with van der Waals surface area (Å²) in [6.45, 7) is 2.04. The van der Waals surface area contributed by atoms with Crippen molar-refractivity contribution in [2.24, 2.45) is 0 Å². The van der Waals surface area contributed by atoms with Crippen molar-refractivity contribution in [2.75, 3.05) is 39.4 Å². The molecule has 172 valence electrons. The number of morpholine rings is 2. The van der Waals surface area contributed by atoms with E-state index >= 15 is 0 Å². The van der Waals surface area contributed by atoms with Gasteiger partial charge >= 0.3 is 0 Å². The second-order valence-electron chi connectivity index (χ2n) is 7.48. The summed E-state index contributed by atoms with van der Waals surface area (Å²) in [5, 5.41) is 5.96. The molecule has 2 saturated heterocycles. The van der Waals surface area contributed by atoms with Gasteiger partial charge < -0.3 is 20.1 Å². The van der Waals surface area contributed by atoms with E-state index in [1.54, 1.807) is 0 Å². The van der Waals surface area contributed by atoms with Crippen LogP contribution >= 0.6 is 0 Å². The monoisotopic (exact) mass is 480 g/mol. The summed E-state index contributed by atoms with van der Waals surface area (Å²) in [7, 11) is -7.60. The summed E-state index contributed by atoms with van der Waals surface area (Å²) in [6.07, 6.45) is 0. The zero-order valence-electron chi connectivity index (χ0n) is 17.2. The Morgan fingerprint density at radius 1 is 0.750 bits per heavy atom. The molecule has 2 unspecified atom stereocenters. The second-order valence-corrected chi connectivity index (χ2v) is 11.7. The van der Waals surface area contributed by atoms with Gasteiger partial charge in [-0.3, -0.25) is 4.79 Å². The van der Waals surface area contributed by atoms with Crippen LogP contribution in [-0.4, -0.2) is 72.9 Å². The third-order valence-electron chi connectivity index (χ3n) is 5.33. The lowest BCUT2D eigenvalue weighted by molar-refractivity contribution is 0.0784. The molecule has 0 aromatic heterocycles. The maximum atomic E-state index is 13.1. The van der Waals surface area contributed by atoms with Crippen LogP contribution in [0.15, 0.2) is 58.3 Å². The molecule has 2 fully saturated rings. The van der Waals surface area contributed by atoms with Crippen LogP contribution in [0.25, 0.3) is 0 Å². The number of ketones is 1. The number of sulfone groups is 2. The lowest BCUT2D eigenvalue weighted by atomic mass is 10.0. The van der Waals surface area contributed by atoms with Gasteiger partial charge in [0.15, 0.2) is 16.7 Å². The maximum Gasteiger partial charge on any atom is 0.206 e. The first-order chi connectivity index (χ1) is 15.3. The molecule has 0 aliphatic carbocycles. The Hall–Kier alpha value is -2.15. The van der Waals surface area contributed by atoms with E-state index in [4.69, 9.17) is 9.47 Å². The standard InChI is InChI=1S/C21H24N2O7S2/c24-21(15-3-1-5-17(11-15)31(25,26)19-13-22-7-9-29-19)16-4-2-6-18(12-16)32(27,28)20-14-23-8-10-30-20/h1-6,11-12,19-20,22-23H,7-10,13-14H2. The third kappa shape index (κ3) is 4.63. The number of hydrogen-bond acceptors (Lipinski definition) is 9. The maximum absolute atomic E-state index is 13.1. The van der Waals surface area contributed by atoms with E-state index in [0.717, 1.165) is 0 Å². The van der Waals surface area contributed by atoms with Gasteiger partial charge in [-0.2, -0.15) is 0 Å². The van der Waals surface area contributed by atoms with Gasteiger partial charge in [0.1, 0.15) is 0 Å². The molecular formula is C21H24N2O7S2. The minimum atomic E-state index is -3.80. The smallest absolute Gasteiger partial charge is 0.206 e. The van der Waals surface area contributed by atoms with Crippen molar-refractivity contribution in [2.45, 2.75) is 20.7 Å². The van der Waals surface area contributed by atoms with Crippen molar-refractivity contribution in [3.63, 3.8) is 0 Å². The molecular weight excluding hydrogens is 456 g/mol. The number of carbonyl (C=O) groups excluding carboxylic acids is 1. The molecule has 4 rings (SSSR count). The molecule has 2 heterocycles. The Balaban J connectivity index is 1.61. The summed E-state index contributed by atoms with van der Waals surface area (Å²) < 4.78 is 62.3. The van der Waals surface area contributed by atoms with Gasteiger partial charge in [0.2, 0.25) is 19.7 Å². The molecule has 0 amide bonds. The predicted molar refractivity (Wildman–Crippen MR) is 116 cm³/mol. The zero-order valence-corrected chi connectivity index (χ0v) is 18.8. The number of ether oxygens (including phenoxy) is 2. The van der Waals surface area contributed by atoms with Crippen molar-refractivity contribution in [3.8, 4) is 0 Å². The summed E-state index contributed by atoms with van der Waals surface area (Å²) in [6, 6.07) is 11.4. The quantitative estimate of drug-likeness (QED) is 0.563. The van der Waals surface area contributed by atoms with E-state index in [2.05, 4.69) is 10.6 Å². The average molecular weight is 481 g/mol. The highest BCUT2D eigenvalue weighted by atomic mass is 32.2. The summed E-state index contributed by atoms with van der Waals surface area (Å²) in [4.78, 5) is 13.0. The van der Waals surface area contributed by atoms with Crippen LogP contribution in [0.2, 0.25) is 0 Å². The van der Waals surface area contributed by atoms with Gasteiger partial charge in [-0.15, -0.1) is 0 Å². The Labute approximate surface area is 187 Å². The first kappa shape index (κ1) is 23.0. The SMILES string of the molecule is O=C(c1cccc(S(=O)(=O)C2CNCCO2)c1)c1cccc(S(=O)(=O)C2CNCCO2)c1. The lowest BCUT2D eigenvalue weighted by Gasteiger charge is -2.24. The molecule has 2 aliphatic heterocycles. The Morgan fingerprint density at radius 3 is 1.56 bits per heavy atom. The number of hydrogen-bond donors (Lipinski definition) is 2. The van der Waals surface area contributed by atoms with E-state index in [1.165, 1.54) is 48.5 Å². The molecule has 2 aromatic rings. The number of benzene rings is 2. The Kier molecular flexibility index (Phi) is 6.75. The lowest BCUT2D eigenvalue weighted by Crippen LogP contribution is -2.43. The minimum absolute atomic E-state index is 0.0255. The second kappa shape index (κ2) is 9.38. The highest BCUT2D eigenvalue weighted by molar-refractivity contribution is 7.92. The highest BCUT2D eigenvalue weighted by Gasteiger charge is 2.32. The van der Waals surface area contributed by atoms with Crippen LogP contribution in [0.3, 0.4) is 0 Å². The van der Waals surface area contributed by atoms with Crippen LogP contribution < -0.4 is 10.6 Å². The number of rotatable bonds is 6.